The summed E-state index contributed by atoms with van der Waals surface area (Å²) in [4.78, 5) is 13.0. The van der Waals surface area contributed by atoms with E-state index in [2.05, 4.69) is 0 Å². The van der Waals surface area contributed by atoms with E-state index in [1.54, 1.807) is 30.1 Å². The molecule has 0 radical (unpaired) electrons. The summed E-state index contributed by atoms with van der Waals surface area (Å²) in [6.07, 6.45) is 0. The lowest BCUT2D eigenvalue weighted by Crippen LogP contribution is -2.29. The molecule has 0 heterocycles. The van der Waals surface area contributed by atoms with Gasteiger partial charge < -0.3 is 9.64 Å². The van der Waals surface area contributed by atoms with Crippen molar-refractivity contribution in [1.29, 1.82) is 0 Å². The highest BCUT2D eigenvalue weighted by molar-refractivity contribution is 6.34. The summed E-state index contributed by atoms with van der Waals surface area (Å²) < 4.78 is 4.77. The minimum Gasteiger partial charge on any atom is -0.375 e. The topological polar surface area (TPSA) is 29.5 Å². The molecule has 0 aliphatic carbocycles. The lowest BCUT2D eigenvalue weighted by atomic mass is 10.2. The molecule has 3 nitrogen and oxygen atoms in total. The van der Waals surface area contributed by atoms with Crippen molar-refractivity contribution in [2.75, 3.05) is 20.8 Å². The molecular formula is C11H13Cl2NO2. The molecule has 0 aromatic heterocycles. The molecule has 1 rings (SSSR count). The number of likely N-dealkylation sites (N-methyl/N-ethyl adjacent to an activating group) is 1. The van der Waals surface area contributed by atoms with Gasteiger partial charge in [-0.15, -0.1) is 0 Å². The standard InChI is InChI=1S/C11H13Cl2NO2/c1-14(11(15)7-16-2)6-8-3-9(12)5-10(13)4-8/h3-5H,6-7H2,1-2H3. The maximum Gasteiger partial charge on any atom is 0.248 e. The Morgan fingerprint density at radius 1 is 1.31 bits per heavy atom. The Kier molecular flexibility index (Phi) is 5.06. The molecule has 0 spiro atoms. The van der Waals surface area contributed by atoms with Crippen LogP contribution in [0.2, 0.25) is 10.0 Å². The van der Waals surface area contributed by atoms with E-state index in [1.807, 2.05) is 0 Å². The third-order valence-electron chi connectivity index (χ3n) is 2.04. The zero-order chi connectivity index (χ0) is 12.1. The number of benzene rings is 1. The van der Waals surface area contributed by atoms with Crippen LogP contribution in [0.25, 0.3) is 0 Å². The Morgan fingerprint density at radius 2 is 1.88 bits per heavy atom. The Balaban J connectivity index is 2.69. The summed E-state index contributed by atoms with van der Waals surface area (Å²) in [5.74, 6) is -0.0846. The molecule has 0 fully saturated rings. The molecule has 0 unspecified atom stereocenters. The number of rotatable bonds is 4. The third kappa shape index (κ3) is 4.00. The molecule has 0 saturated carbocycles. The van der Waals surface area contributed by atoms with Crippen molar-refractivity contribution < 1.29 is 9.53 Å². The van der Waals surface area contributed by atoms with Gasteiger partial charge in [0, 0.05) is 30.7 Å². The van der Waals surface area contributed by atoms with Crippen molar-refractivity contribution in [3.63, 3.8) is 0 Å². The second kappa shape index (κ2) is 6.09. The SMILES string of the molecule is COCC(=O)N(C)Cc1cc(Cl)cc(Cl)c1. The van der Waals surface area contributed by atoms with E-state index in [0.717, 1.165) is 5.56 Å². The third-order valence-corrected chi connectivity index (χ3v) is 2.47. The molecule has 1 aromatic rings. The van der Waals surface area contributed by atoms with Gasteiger partial charge in [-0.2, -0.15) is 0 Å². The predicted molar refractivity (Wildman–Crippen MR) is 64.8 cm³/mol. The number of halogens is 2. The minimum atomic E-state index is -0.0846. The van der Waals surface area contributed by atoms with Gasteiger partial charge in [-0.25, -0.2) is 0 Å². The fraction of sp³-hybridized carbons (Fsp3) is 0.364. The number of carbonyl (C=O) groups is 1. The van der Waals surface area contributed by atoms with Crippen LogP contribution >= 0.6 is 23.2 Å². The summed E-state index contributed by atoms with van der Waals surface area (Å²) in [5.41, 5.74) is 0.893. The zero-order valence-corrected chi connectivity index (χ0v) is 10.7. The number of amides is 1. The molecule has 0 saturated heterocycles. The molecule has 5 heteroatoms. The van der Waals surface area contributed by atoms with Crippen molar-refractivity contribution in [2.24, 2.45) is 0 Å². The van der Waals surface area contributed by atoms with Gasteiger partial charge in [0.1, 0.15) is 6.61 Å². The Bertz CT molecular complexity index is 362. The summed E-state index contributed by atoms with van der Waals surface area (Å²) in [7, 11) is 3.19. The van der Waals surface area contributed by atoms with Crippen molar-refractivity contribution in [1.82, 2.24) is 4.90 Å². The van der Waals surface area contributed by atoms with Crippen LogP contribution < -0.4 is 0 Å². The molecule has 16 heavy (non-hydrogen) atoms. The number of hydrogen-bond acceptors (Lipinski definition) is 2. The Morgan fingerprint density at radius 3 is 2.38 bits per heavy atom. The van der Waals surface area contributed by atoms with Crippen LogP contribution in [0.3, 0.4) is 0 Å². The minimum absolute atomic E-state index is 0.0742. The second-order valence-corrected chi connectivity index (χ2v) is 4.33. The van der Waals surface area contributed by atoms with E-state index in [0.29, 0.717) is 16.6 Å². The normalized spacial score (nSPS) is 10.2. The van der Waals surface area contributed by atoms with E-state index in [-0.39, 0.29) is 12.5 Å². The fourth-order valence-electron chi connectivity index (χ4n) is 1.30. The van der Waals surface area contributed by atoms with Gasteiger partial charge >= 0.3 is 0 Å². The number of hydrogen-bond donors (Lipinski definition) is 0. The first-order chi connectivity index (χ1) is 7.52. The van der Waals surface area contributed by atoms with Crippen LogP contribution in [0.15, 0.2) is 18.2 Å². The monoisotopic (exact) mass is 261 g/mol. The summed E-state index contributed by atoms with van der Waals surface area (Å²) in [6, 6.07) is 5.22. The summed E-state index contributed by atoms with van der Waals surface area (Å²) in [6.45, 7) is 0.535. The first kappa shape index (κ1) is 13.3. The Hall–Kier alpha value is -0.770. The van der Waals surface area contributed by atoms with Gasteiger partial charge in [-0.1, -0.05) is 23.2 Å². The van der Waals surface area contributed by atoms with Crippen molar-refractivity contribution in [2.45, 2.75) is 6.54 Å². The van der Waals surface area contributed by atoms with Gasteiger partial charge in [-0.3, -0.25) is 4.79 Å². The summed E-state index contributed by atoms with van der Waals surface area (Å²) >= 11 is 11.7. The highest BCUT2D eigenvalue weighted by atomic mass is 35.5. The van der Waals surface area contributed by atoms with Gasteiger partial charge in [0.15, 0.2) is 0 Å². The van der Waals surface area contributed by atoms with E-state index < -0.39 is 0 Å². The maximum absolute atomic E-state index is 11.5. The fourth-order valence-corrected chi connectivity index (χ4v) is 1.87. The molecule has 0 aliphatic heterocycles. The summed E-state index contributed by atoms with van der Waals surface area (Å²) in [5, 5.41) is 1.13. The zero-order valence-electron chi connectivity index (χ0n) is 9.17. The van der Waals surface area contributed by atoms with Crippen LogP contribution in [0.1, 0.15) is 5.56 Å². The van der Waals surface area contributed by atoms with E-state index in [9.17, 15) is 4.79 Å². The van der Waals surface area contributed by atoms with Crippen LogP contribution in [0, 0.1) is 0 Å². The van der Waals surface area contributed by atoms with Crippen LogP contribution in [-0.4, -0.2) is 31.6 Å². The molecule has 88 valence electrons. The van der Waals surface area contributed by atoms with Gasteiger partial charge in [0.25, 0.3) is 0 Å². The average molecular weight is 262 g/mol. The van der Waals surface area contributed by atoms with Crippen LogP contribution in [-0.2, 0) is 16.1 Å². The number of ether oxygens (including phenoxy) is 1. The van der Waals surface area contributed by atoms with Crippen LogP contribution in [0.5, 0.6) is 0 Å². The largest absolute Gasteiger partial charge is 0.375 e. The van der Waals surface area contributed by atoms with Crippen molar-refractivity contribution >= 4 is 29.1 Å². The van der Waals surface area contributed by atoms with E-state index >= 15 is 0 Å². The first-order valence-electron chi connectivity index (χ1n) is 4.71. The lowest BCUT2D eigenvalue weighted by Gasteiger charge is -2.17. The Labute approximate surface area is 105 Å². The van der Waals surface area contributed by atoms with Gasteiger partial charge in [0.05, 0.1) is 0 Å². The first-order valence-corrected chi connectivity index (χ1v) is 5.46. The number of nitrogens with zero attached hydrogens (tertiary/aromatic N) is 1. The van der Waals surface area contributed by atoms with Crippen LogP contribution in [0.4, 0.5) is 0 Å². The average Bonchev–Trinajstić information content (AvgIpc) is 2.16. The molecule has 0 atom stereocenters. The van der Waals surface area contributed by atoms with Gasteiger partial charge in [-0.05, 0) is 23.8 Å². The number of methoxy groups -OCH3 is 1. The van der Waals surface area contributed by atoms with E-state index in [1.165, 1.54) is 7.11 Å². The number of carbonyl (C=O) groups excluding carboxylic acids is 1. The van der Waals surface area contributed by atoms with Crippen molar-refractivity contribution in [3.05, 3.63) is 33.8 Å². The molecule has 1 amide bonds. The maximum atomic E-state index is 11.5. The molecule has 0 N–H and O–H groups in total. The molecule has 0 bridgehead atoms. The van der Waals surface area contributed by atoms with Gasteiger partial charge in [0.2, 0.25) is 5.91 Å². The lowest BCUT2D eigenvalue weighted by molar-refractivity contribution is -0.134. The quantitative estimate of drug-likeness (QED) is 0.834. The highest BCUT2D eigenvalue weighted by Crippen LogP contribution is 2.19. The second-order valence-electron chi connectivity index (χ2n) is 3.46. The highest BCUT2D eigenvalue weighted by Gasteiger charge is 2.09. The predicted octanol–water partition coefficient (Wildman–Crippen LogP) is 2.60. The molecule has 0 aliphatic rings. The molecular weight excluding hydrogens is 249 g/mol. The molecule has 1 aromatic carbocycles. The van der Waals surface area contributed by atoms with Crippen molar-refractivity contribution in [3.8, 4) is 0 Å². The smallest absolute Gasteiger partial charge is 0.248 e. The van der Waals surface area contributed by atoms with E-state index in [4.69, 9.17) is 27.9 Å².